The summed E-state index contributed by atoms with van der Waals surface area (Å²) < 4.78 is 1.28. The van der Waals surface area contributed by atoms with Crippen molar-refractivity contribution in [3.05, 3.63) is 57.5 Å². The zero-order chi connectivity index (χ0) is 18.7. The molecule has 3 rings (SSSR count). The van der Waals surface area contributed by atoms with Crippen LogP contribution in [0.4, 0.5) is 5.69 Å². The van der Waals surface area contributed by atoms with Crippen molar-refractivity contribution < 1.29 is 4.79 Å². The van der Waals surface area contributed by atoms with Gasteiger partial charge in [-0.05, 0) is 36.4 Å². The van der Waals surface area contributed by atoms with Gasteiger partial charge in [-0.3, -0.25) is 4.79 Å². The highest BCUT2D eigenvalue weighted by Gasteiger charge is 2.16. The van der Waals surface area contributed by atoms with Crippen molar-refractivity contribution in [3.63, 3.8) is 0 Å². The summed E-state index contributed by atoms with van der Waals surface area (Å²) in [6, 6.07) is 11.9. The number of nitrogens with zero attached hydrogens (tertiary/aromatic N) is 3. The largest absolute Gasteiger partial charge is 0.335 e. The molecule has 3 aromatic rings. The minimum absolute atomic E-state index is 0.107. The number of anilines is 1. The smallest absolute Gasteiger partial charge is 0.234 e. The fourth-order valence-corrected chi connectivity index (χ4v) is 3.46. The molecule has 26 heavy (non-hydrogen) atoms. The lowest BCUT2D eigenvalue weighted by Crippen LogP contribution is -2.16. The molecular formula is C16H12Cl3N5OS. The maximum Gasteiger partial charge on any atom is 0.234 e. The molecule has 0 aliphatic rings. The number of halogens is 3. The van der Waals surface area contributed by atoms with E-state index in [0.717, 1.165) is 11.8 Å². The molecule has 0 saturated heterocycles. The average Bonchev–Trinajstić information content (AvgIpc) is 2.94. The number of carbonyl (C=O) groups is 1. The molecule has 1 amide bonds. The van der Waals surface area contributed by atoms with Gasteiger partial charge in [-0.25, -0.2) is 4.68 Å². The molecule has 0 spiro atoms. The molecule has 1 aromatic heterocycles. The molecule has 1 heterocycles. The van der Waals surface area contributed by atoms with Crippen LogP contribution in [0, 0.1) is 0 Å². The predicted molar refractivity (Wildman–Crippen MR) is 106 cm³/mol. The maximum atomic E-state index is 12.1. The fourth-order valence-electron chi connectivity index (χ4n) is 2.12. The Morgan fingerprint density at radius 3 is 2.62 bits per heavy atom. The van der Waals surface area contributed by atoms with Gasteiger partial charge >= 0.3 is 0 Å². The van der Waals surface area contributed by atoms with Gasteiger partial charge in [0, 0.05) is 21.3 Å². The molecular weight excluding hydrogens is 417 g/mol. The summed E-state index contributed by atoms with van der Waals surface area (Å²) in [6.07, 6.45) is 0. The predicted octanol–water partition coefficient (Wildman–Crippen LogP) is 4.35. The highest BCUT2D eigenvalue weighted by Crippen LogP contribution is 2.30. The first kappa shape index (κ1) is 18.8. The van der Waals surface area contributed by atoms with E-state index in [1.54, 1.807) is 42.5 Å². The van der Waals surface area contributed by atoms with Gasteiger partial charge in [0.15, 0.2) is 5.82 Å². The van der Waals surface area contributed by atoms with Gasteiger partial charge in [-0.1, -0.05) is 52.6 Å². The molecule has 0 atom stereocenters. The van der Waals surface area contributed by atoms with Crippen LogP contribution in [0.2, 0.25) is 15.1 Å². The molecule has 0 bridgehead atoms. The number of hydrogen-bond donors (Lipinski definition) is 2. The Kier molecular flexibility index (Phi) is 5.93. The van der Waals surface area contributed by atoms with Crippen molar-refractivity contribution in [2.45, 2.75) is 5.16 Å². The Bertz CT molecular complexity index is 963. The van der Waals surface area contributed by atoms with Gasteiger partial charge in [0.25, 0.3) is 0 Å². The van der Waals surface area contributed by atoms with E-state index in [2.05, 4.69) is 15.5 Å². The summed E-state index contributed by atoms with van der Waals surface area (Å²) in [5.41, 5.74) is 1.22. The van der Waals surface area contributed by atoms with E-state index >= 15 is 0 Å². The van der Waals surface area contributed by atoms with E-state index in [0.29, 0.717) is 37.3 Å². The third kappa shape index (κ3) is 4.42. The maximum absolute atomic E-state index is 12.1. The Hall–Kier alpha value is -1.93. The molecule has 2 aromatic carbocycles. The first-order chi connectivity index (χ1) is 12.4. The van der Waals surface area contributed by atoms with Crippen molar-refractivity contribution in [2.24, 2.45) is 0 Å². The molecule has 0 fully saturated rings. The van der Waals surface area contributed by atoms with E-state index in [9.17, 15) is 4.79 Å². The van der Waals surface area contributed by atoms with Gasteiger partial charge < -0.3 is 11.2 Å². The number of thioether (sulfide) groups is 1. The van der Waals surface area contributed by atoms with Crippen LogP contribution in [0.25, 0.3) is 11.4 Å². The standard InChI is InChI=1S/C16H12Cl3N5OS/c17-9-2-1-3-11(6-9)21-14(25)8-26-16-23-22-15(24(16)20)12-5-4-10(18)7-13(12)19/h1-7H,8,20H2,(H,21,25). The quantitative estimate of drug-likeness (QED) is 0.466. The monoisotopic (exact) mass is 427 g/mol. The summed E-state index contributed by atoms with van der Waals surface area (Å²) >= 11 is 19.1. The second-order valence-electron chi connectivity index (χ2n) is 5.15. The second kappa shape index (κ2) is 8.18. The number of amides is 1. The van der Waals surface area contributed by atoms with Crippen LogP contribution in [0.3, 0.4) is 0 Å². The number of benzene rings is 2. The SMILES string of the molecule is Nn1c(SCC(=O)Nc2cccc(Cl)c2)nnc1-c1ccc(Cl)cc1Cl. The van der Waals surface area contributed by atoms with E-state index < -0.39 is 0 Å². The zero-order valence-electron chi connectivity index (χ0n) is 13.1. The van der Waals surface area contributed by atoms with Gasteiger partial charge in [-0.15, -0.1) is 10.2 Å². The highest BCUT2D eigenvalue weighted by molar-refractivity contribution is 7.99. The normalized spacial score (nSPS) is 10.7. The van der Waals surface area contributed by atoms with Crippen molar-refractivity contribution in [1.29, 1.82) is 0 Å². The van der Waals surface area contributed by atoms with E-state index in [1.165, 1.54) is 4.68 Å². The lowest BCUT2D eigenvalue weighted by Gasteiger charge is -2.06. The molecule has 0 aliphatic heterocycles. The zero-order valence-corrected chi connectivity index (χ0v) is 16.2. The summed E-state index contributed by atoms with van der Waals surface area (Å²) in [4.78, 5) is 12.1. The summed E-state index contributed by atoms with van der Waals surface area (Å²) in [5, 5.41) is 12.6. The van der Waals surface area contributed by atoms with Crippen LogP contribution in [-0.4, -0.2) is 26.5 Å². The van der Waals surface area contributed by atoms with Crippen molar-refractivity contribution in [1.82, 2.24) is 14.9 Å². The average molecular weight is 429 g/mol. The van der Waals surface area contributed by atoms with Crippen LogP contribution >= 0.6 is 46.6 Å². The molecule has 10 heteroatoms. The minimum atomic E-state index is -0.216. The lowest BCUT2D eigenvalue weighted by molar-refractivity contribution is -0.113. The van der Waals surface area contributed by atoms with Crippen LogP contribution in [0.5, 0.6) is 0 Å². The number of nitrogen functional groups attached to an aromatic ring is 1. The van der Waals surface area contributed by atoms with Gasteiger partial charge in [0.1, 0.15) is 0 Å². The Labute approximate surface area is 168 Å². The molecule has 0 aliphatic carbocycles. The number of aromatic nitrogens is 3. The Balaban J connectivity index is 1.68. The number of nitrogens with two attached hydrogens (primary N) is 1. The molecule has 0 saturated carbocycles. The summed E-state index contributed by atoms with van der Waals surface area (Å²) in [5.74, 6) is 6.30. The van der Waals surface area contributed by atoms with Crippen molar-refractivity contribution in [2.75, 3.05) is 16.9 Å². The van der Waals surface area contributed by atoms with Gasteiger partial charge in [-0.2, -0.15) is 0 Å². The first-order valence-corrected chi connectivity index (χ1v) is 9.40. The summed E-state index contributed by atoms with van der Waals surface area (Å²) in [6.45, 7) is 0. The number of nitrogens with one attached hydrogen (secondary N) is 1. The summed E-state index contributed by atoms with van der Waals surface area (Å²) in [7, 11) is 0. The van der Waals surface area contributed by atoms with Crippen LogP contribution in [-0.2, 0) is 4.79 Å². The van der Waals surface area contributed by atoms with E-state index in [1.807, 2.05) is 0 Å². The Morgan fingerprint density at radius 1 is 1.12 bits per heavy atom. The van der Waals surface area contributed by atoms with E-state index in [4.69, 9.17) is 40.6 Å². The minimum Gasteiger partial charge on any atom is -0.335 e. The van der Waals surface area contributed by atoms with Gasteiger partial charge in [0.2, 0.25) is 11.1 Å². The van der Waals surface area contributed by atoms with Crippen LogP contribution < -0.4 is 11.2 Å². The number of hydrogen-bond acceptors (Lipinski definition) is 5. The second-order valence-corrected chi connectivity index (χ2v) is 7.37. The molecule has 6 nitrogen and oxygen atoms in total. The number of rotatable bonds is 5. The third-order valence-electron chi connectivity index (χ3n) is 3.28. The highest BCUT2D eigenvalue weighted by atomic mass is 35.5. The van der Waals surface area contributed by atoms with E-state index in [-0.39, 0.29) is 11.7 Å². The Morgan fingerprint density at radius 2 is 1.88 bits per heavy atom. The topological polar surface area (TPSA) is 85.8 Å². The molecule has 3 N–H and O–H groups in total. The lowest BCUT2D eigenvalue weighted by atomic mass is 10.2. The molecule has 0 radical (unpaired) electrons. The number of carbonyl (C=O) groups excluding carboxylic acids is 1. The first-order valence-electron chi connectivity index (χ1n) is 7.28. The fraction of sp³-hybridized carbons (Fsp3) is 0.0625. The third-order valence-corrected chi connectivity index (χ3v) is 5.00. The molecule has 0 unspecified atom stereocenters. The van der Waals surface area contributed by atoms with Crippen molar-refractivity contribution in [3.8, 4) is 11.4 Å². The molecule has 134 valence electrons. The van der Waals surface area contributed by atoms with Crippen LogP contribution in [0.1, 0.15) is 0 Å². The van der Waals surface area contributed by atoms with Crippen molar-refractivity contribution >= 4 is 58.2 Å². The van der Waals surface area contributed by atoms with Crippen LogP contribution in [0.15, 0.2) is 47.6 Å². The van der Waals surface area contributed by atoms with Gasteiger partial charge in [0.05, 0.1) is 10.8 Å².